The van der Waals surface area contributed by atoms with Crippen molar-refractivity contribution in [2.75, 3.05) is 20.8 Å². The third-order valence-electron chi connectivity index (χ3n) is 6.13. The number of hydrogen-bond acceptors (Lipinski definition) is 4. The number of hydrogen-bond donors (Lipinski definition) is 1. The molecular formula is C27H25N3O3. The summed E-state index contributed by atoms with van der Waals surface area (Å²) in [4.78, 5) is 15.5. The first-order valence-electron chi connectivity index (χ1n) is 10.9. The number of aromatic amines is 1. The molecule has 1 aliphatic rings. The summed E-state index contributed by atoms with van der Waals surface area (Å²) in [5.41, 5.74) is 5.24. The van der Waals surface area contributed by atoms with Crippen molar-refractivity contribution in [2.24, 2.45) is 0 Å². The quantitative estimate of drug-likeness (QED) is 0.446. The van der Waals surface area contributed by atoms with Crippen LogP contribution in [0, 0.1) is 0 Å². The molecule has 33 heavy (non-hydrogen) atoms. The number of ether oxygens (including phenoxy) is 2. The summed E-state index contributed by atoms with van der Waals surface area (Å²) in [6.45, 7) is 0.569. The SMILES string of the molecule is COc1ccc(C2c3c(-c4ccccc4)n[nH]c3C(=O)N2CCc2ccccc2)c(OC)c1. The summed E-state index contributed by atoms with van der Waals surface area (Å²) >= 11 is 0. The first-order chi connectivity index (χ1) is 16.2. The molecule has 4 aromatic rings. The van der Waals surface area contributed by atoms with Crippen molar-refractivity contribution in [3.63, 3.8) is 0 Å². The fraction of sp³-hybridized carbons (Fsp3) is 0.185. The zero-order chi connectivity index (χ0) is 22.8. The molecule has 1 N–H and O–H groups in total. The summed E-state index contributed by atoms with van der Waals surface area (Å²) in [6, 6.07) is 25.5. The van der Waals surface area contributed by atoms with Gasteiger partial charge in [0, 0.05) is 29.3 Å². The van der Waals surface area contributed by atoms with Gasteiger partial charge in [0.2, 0.25) is 0 Å². The fourth-order valence-electron chi connectivity index (χ4n) is 4.51. The fourth-order valence-corrected chi connectivity index (χ4v) is 4.51. The van der Waals surface area contributed by atoms with Crippen LogP contribution in [-0.2, 0) is 6.42 Å². The summed E-state index contributed by atoms with van der Waals surface area (Å²) in [6.07, 6.45) is 0.750. The van der Waals surface area contributed by atoms with Gasteiger partial charge in [-0.1, -0.05) is 60.7 Å². The van der Waals surface area contributed by atoms with Gasteiger partial charge in [-0.15, -0.1) is 0 Å². The number of H-pyrrole nitrogens is 1. The molecule has 0 aliphatic carbocycles. The lowest BCUT2D eigenvalue weighted by Crippen LogP contribution is -2.31. The van der Waals surface area contributed by atoms with Crippen LogP contribution in [0.4, 0.5) is 0 Å². The third-order valence-corrected chi connectivity index (χ3v) is 6.13. The molecule has 1 unspecified atom stereocenters. The Bertz CT molecular complexity index is 1270. The normalized spacial score (nSPS) is 14.9. The molecule has 2 heterocycles. The lowest BCUT2D eigenvalue weighted by Gasteiger charge is -2.28. The number of aromatic nitrogens is 2. The van der Waals surface area contributed by atoms with E-state index in [1.807, 2.05) is 71.6 Å². The van der Waals surface area contributed by atoms with Crippen LogP contribution in [0.25, 0.3) is 11.3 Å². The van der Waals surface area contributed by atoms with Crippen molar-refractivity contribution < 1.29 is 14.3 Å². The molecule has 0 saturated heterocycles. The molecule has 1 aromatic heterocycles. The van der Waals surface area contributed by atoms with Crippen LogP contribution < -0.4 is 9.47 Å². The Morgan fingerprint density at radius 2 is 1.67 bits per heavy atom. The zero-order valence-electron chi connectivity index (χ0n) is 18.6. The van der Waals surface area contributed by atoms with Crippen LogP contribution in [0.3, 0.4) is 0 Å². The lowest BCUT2D eigenvalue weighted by molar-refractivity contribution is 0.0744. The highest BCUT2D eigenvalue weighted by molar-refractivity contribution is 6.00. The van der Waals surface area contributed by atoms with E-state index in [4.69, 9.17) is 9.47 Å². The molecular weight excluding hydrogens is 414 g/mol. The zero-order valence-corrected chi connectivity index (χ0v) is 18.6. The van der Waals surface area contributed by atoms with Crippen LogP contribution in [0.5, 0.6) is 11.5 Å². The van der Waals surface area contributed by atoms with Crippen molar-refractivity contribution in [2.45, 2.75) is 12.5 Å². The topological polar surface area (TPSA) is 67.5 Å². The number of rotatable bonds is 7. The highest BCUT2D eigenvalue weighted by Gasteiger charge is 2.43. The molecule has 5 rings (SSSR count). The van der Waals surface area contributed by atoms with Gasteiger partial charge >= 0.3 is 0 Å². The molecule has 0 spiro atoms. The predicted octanol–water partition coefficient (Wildman–Crippen LogP) is 4.88. The number of fused-ring (bicyclic) bond motifs is 1. The maximum absolute atomic E-state index is 13.6. The van der Waals surface area contributed by atoms with E-state index in [1.165, 1.54) is 5.56 Å². The first kappa shape index (κ1) is 20.8. The Labute approximate surface area is 192 Å². The molecule has 0 saturated carbocycles. The molecule has 0 radical (unpaired) electrons. The largest absolute Gasteiger partial charge is 0.497 e. The maximum Gasteiger partial charge on any atom is 0.273 e. The molecule has 1 aliphatic heterocycles. The van der Waals surface area contributed by atoms with Gasteiger partial charge < -0.3 is 14.4 Å². The van der Waals surface area contributed by atoms with E-state index in [-0.39, 0.29) is 11.9 Å². The number of carbonyl (C=O) groups excluding carboxylic acids is 1. The highest BCUT2D eigenvalue weighted by atomic mass is 16.5. The molecule has 6 nitrogen and oxygen atoms in total. The molecule has 0 fully saturated rings. The summed E-state index contributed by atoms with van der Waals surface area (Å²) in [7, 11) is 3.26. The molecule has 1 atom stereocenters. The number of carbonyl (C=O) groups is 1. The smallest absolute Gasteiger partial charge is 0.273 e. The van der Waals surface area contributed by atoms with Crippen LogP contribution in [0.1, 0.15) is 33.2 Å². The van der Waals surface area contributed by atoms with Crippen LogP contribution in [0.2, 0.25) is 0 Å². The first-order valence-corrected chi connectivity index (χ1v) is 10.9. The highest BCUT2D eigenvalue weighted by Crippen LogP contribution is 2.46. The molecule has 3 aromatic carbocycles. The average Bonchev–Trinajstić information content (AvgIpc) is 3.42. The van der Waals surface area contributed by atoms with Gasteiger partial charge in [0.1, 0.15) is 17.2 Å². The van der Waals surface area contributed by atoms with Gasteiger partial charge in [-0.05, 0) is 24.1 Å². The van der Waals surface area contributed by atoms with E-state index in [0.29, 0.717) is 23.7 Å². The summed E-state index contributed by atoms with van der Waals surface area (Å²) in [5, 5.41) is 7.55. The summed E-state index contributed by atoms with van der Waals surface area (Å²) in [5.74, 6) is 1.31. The Balaban J connectivity index is 1.62. The molecule has 1 amide bonds. The molecule has 166 valence electrons. The number of nitrogens with one attached hydrogen (secondary N) is 1. The Morgan fingerprint density at radius 1 is 0.939 bits per heavy atom. The second kappa shape index (κ2) is 8.82. The van der Waals surface area contributed by atoms with Crippen molar-refractivity contribution in [3.8, 4) is 22.8 Å². The van der Waals surface area contributed by atoms with Crippen LogP contribution >= 0.6 is 0 Å². The van der Waals surface area contributed by atoms with E-state index in [9.17, 15) is 4.79 Å². The summed E-state index contributed by atoms with van der Waals surface area (Å²) < 4.78 is 11.1. The monoisotopic (exact) mass is 439 g/mol. The third kappa shape index (κ3) is 3.74. The van der Waals surface area contributed by atoms with Gasteiger partial charge in [0.25, 0.3) is 5.91 Å². The van der Waals surface area contributed by atoms with Gasteiger partial charge in [-0.25, -0.2) is 0 Å². The second-order valence-corrected chi connectivity index (χ2v) is 7.97. The minimum Gasteiger partial charge on any atom is -0.497 e. The van der Waals surface area contributed by atoms with Gasteiger partial charge in [-0.3, -0.25) is 9.89 Å². The molecule has 6 heteroatoms. The van der Waals surface area contributed by atoms with E-state index in [0.717, 1.165) is 28.8 Å². The average molecular weight is 440 g/mol. The number of nitrogens with zero attached hydrogens (tertiary/aromatic N) is 2. The maximum atomic E-state index is 13.6. The van der Waals surface area contributed by atoms with Crippen molar-refractivity contribution >= 4 is 5.91 Å². The Kier molecular flexibility index (Phi) is 5.57. The van der Waals surface area contributed by atoms with E-state index >= 15 is 0 Å². The van der Waals surface area contributed by atoms with E-state index in [2.05, 4.69) is 22.3 Å². The minimum atomic E-state index is -0.328. The molecule has 0 bridgehead atoms. The Hall–Kier alpha value is -4.06. The van der Waals surface area contributed by atoms with Crippen molar-refractivity contribution in [1.82, 2.24) is 15.1 Å². The van der Waals surface area contributed by atoms with Gasteiger partial charge in [-0.2, -0.15) is 5.10 Å². The number of benzene rings is 3. The van der Waals surface area contributed by atoms with Crippen LogP contribution in [0.15, 0.2) is 78.9 Å². The second-order valence-electron chi connectivity index (χ2n) is 7.97. The van der Waals surface area contributed by atoms with Gasteiger partial charge in [0.15, 0.2) is 0 Å². The number of amides is 1. The van der Waals surface area contributed by atoms with Crippen molar-refractivity contribution in [1.29, 1.82) is 0 Å². The van der Waals surface area contributed by atoms with E-state index in [1.54, 1.807) is 14.2 Å². The predicted molar refractivity (Wildman–Crippen MR) is 127 cm³/mol. The number of methoxy groups -OCH3 is 2. The standard InChI is InChI=1S/C27H25N3O3/c1-32-20-13-14-21(22(17-20)33-2)26-23-24(19-11-7-4-8-12-19)28-29-25(23)27(31)30(26)16-15-18-9-5-3-6-10-18/h3-14,17,26H,15-16H2,1-2H3,(H,28,29). The van der Waals surface area contributed by atoms with Gasteiger partial charge in [0.05, 0.1) is 26.0 Å². The Morgan fingerprint density at radius 3 is 2.36 bits per heavy atom. The van der Waals surface area contributed by atoms with Crippen molar-refractivity contribution in [3.05, 3.63) is 101 Å². The lowest BCUT2D eigenvalue weighted by atomic mass is 9.95. The minimum absolute atomic E-state index is 0.0570. The van der Waals surface area contributed by atoms with Crippen LogP contribution in [-0.4, -0.2) is 41.8 Å². The van der Waals surface area contributed by atoms with E-state index < -0.39 is 0 Å².